The number of Topliss-reactive ketones (excluding diaryl/α,β-unsaturated/α-hetero) is 1. The topological polar surface area (TPSA) is 329 Å². The molecule has 8 aromatic rings. The molecule has 6 N–H and O–H groups in total. The second-order valence-corrected chi connectivity index (χ2v) is 32.0. The smallest absolute Gasteiger partial charge is 0.423 e. The fourth-order valence-electron chi connectivity index (χ4n) is 16.4. The zero-order valence-corrected chi connectivity index (χ0v) is 69.3. The maximum absolute atomic E-state index is 13.4. The summed E-state index contributed by atoms with van der Waals surface area (Å²) in [6.07, 6.45) is -3.43. The highest BCUT2D eigenvalue weighted by Crippen LogP contribution is 2.42. The number of rotatable bonds is 18. The third kappa shape index (κ3) is 28.1. The lowest BCUT2D eigenvalue weighted by atomic mass is 9.92. The number of nitro groups is 3. The van der Waals surface area contributed by atoms with Crippen LogP contribution in [0.15, 0.2) is 146 Å². The first-order chi connectivity index (χ1) is 61.3. The number of nitrogens with one attached hydrogen (secondary N) is 5. The number of nitro benzene ring substituents is 3. The van der Waals surface area contributed by atoms with Crippen molar-refractivity contribution in [3.8, 4) is 0 Å². The Morgan fingerprint density at radius 2 is 0.729 bits per heavy atom. The average molecular weight is 1820 g/mol. The molecule has 3 fully saturated rings. The monoisotopic (exact) mass is 1820 g/mol. The number of ketones is 1. The molecule has 0 spiro atoms. The molecule has 4 aliphatic heterocycles. The van der Waals surface area contributed by atoms with E-state index in [2.05, 4.69) is 26.6 Å². The van der Waals surface area contributed by atoms with Gasteiger partial charge in [-0.15, -0.1) is 0 Å². The summed E-state index contributed by atoms with van der Waals surface area (Å²) in [5.41, 5.74) is 2.75. The van der Waals surface area contributed by atoms with Crippen LogP contribution < -0.4 is 26.6 Å². The van der Waals surface area contributed by atoms with Gasteiger partial charge in [-0.3, -0.25) is 49.5 Å². The van der Waals surface area contributed by atoms with Crippen LogP contribution in [0.3, 0.4) is 0 Å². The van der Waals surface area contributed by atoms with Gasteiger partial charge in [-0.2, -0.15) is 39.5 Å². The number of hydrogen-bond donors (Lipinski definition) is 6. The van der Waals surface area contributed by atoms with Crippen LogP contribution in [0.4, 0.5) is 95.6 Å². The van der Waals surface area contributed by atoms with Crippen LogP contribution in [0.5, 0.6) is 0 Å². The quantitative estimate of drug-likeness (QED) is 0.0264. The van der Waals surface area contributed by atoms with Crippen LogP contribution in [0.1, 0.15) is 165 Å². The van der Waals surface area contributed by atoms with E-state index >= 15 is 0 Å². The third-order valence-corrected chi connectivity index (χ3v) is 23.1. The van der Waals surface area contributed by atoms with E-state index in [1.807, 2.05) is 6.07 Å². The molecule has 129 heavy (non-hydrogen) atoms. The Morgan fingerprint density at radius 1 is 0.395 bits per heavy atom. The summed E-state index contributed by atoms with van der Waals surface area (Å²) in [7, 11) is 0. The number of ether oxygens (including phenoxy) is 3. The minimum atomic E-state index is -4.83. The maximum Gasteiger partial charge on any atom is 0.423 e. The largest absolute Gasteiger partial charge is 0.480 e. The Kier molecular flexibility index (Phi) is 33.4. The van der Waals surface area contributed by atoms with Gasteiger partial charge in [-0.25, -0.2) is 26.7 Å². The summed E-state index contributed by atoms with van der Waals surface area (Å²) < 4.78 is 200. The van der Waals surface area contributed by atoms with E-state index in [4.69, 9.17) is 19.3 Å². The van der Waals surface area contributed by atoms with Gasteiger partial charge < -0.3 is 55.7 Å². The lowest BCUT2D eigenvalue weighted by molar-refractivity contribution is -0.388. The van der Waals surface area contributed by atoms with Crippen LogP contribution in [0.25, 0.3) is 0 Å². The molecule has 0 bridgehead atoms. The second-order valence-electron chi connectivity index (χ2n) is 32.0. The van der Waals surface area contributed by atoms with Crippen molar-refractivity contribution in [1.82, 2.24) is 20.4 Å². The van der Waals surface area contributed by atoms with Crippen molar-refractivity contribution in [3.05, 3.63) is 277 Å². The molecule has 0 aromatic heterocycles. The van der Waals surface area contributed by atoms with Gasteiger partial charge in [-0.05, 0) is 269 Å². The Balaban J connectivity index is 0.000000159. The Morgan fingerprint density at radius 3 is 1.10 bits per heavy atom. The molecule has 0 unspecified atom stereocenters. The highest BCUT2D eigenvalue weighted by Gasteiger charge is 2.42. The standard InChI is InChI=1S/2C24H25F4N3O4.C15H17F3N2O5.C9H8FNO.C9H10FN.C9H7FO/c2*25-17-2-1-16-13-30(10-9-15(16)11-17)23(32)14-35-20-6-3-18(4-7-20)29-19-5-8-22(31(33)34)21(12-19)24(26,27)28;16-15(17,18)12-7-10(3-6-13(12)20(23)24)19-9-1-4-11(5-2-9)25-8-14(21)22;10-7-1-2-8-6(5-7)3-4-11-9(8)12;10-9-2-1-8-6-11-4-3-7(8)5-9;10-7-2-3-8-6(5-7)1-4-9(8)11/h2*1-2,5,8,11-12,18,20,29H,3-4,6-7,9-10,13-14H2;3,6-7,9,11,19H,1-2,4-5,8H2,(H,21,22);1-2,5H,3-4H2,(H,11,12);1-2,5,11H,3-4,6H2;2-3,5H,1,4H2. The first-order valence-electron chi connectivity index (χ1n) is 41.7. The van der Waals surface area contributed by atoms with Crippen LogP contribution in [0, 0.1) is 59.4 Å². The number of benzene rings is 8. The van der Waals surface area contributed by atoms with E-state index in [9.17, 15) is 116 Å². The van der Waals surface area contributed by atoms with Crippen LogP contribution >= 0.6 is 0 Å². The van der Waals surface area contributed by atoms with Crippen molar-refractivity contribution in [3.63, 3.8) is 0 Å². The molecule has 16 rings (SSSR count). The molecule has 8 aliphatic rings. The van der Waals surface area contributed by atoms with Gasteiger partial charge in [0.2, 0.25) is 11.8 Å². The number of carboxylic acids is 1. The van der Waals surface area contributed by atoms with Gasteiger partial charge in [0.1, 0.15) is 65.6 Å². The molecule has 3 amide bonds. The van der Waals surface area contributed by atoms with E-state index < -0.39 is 73.0 Å². The van der Waals surface area contributed by atoms with Crippen LogP contribution in [0.2, 0.25) is 0 Å². The number of alkyl halides is 9. The zero-order chi connectivity index (χ0) is 93.0. The van der Waals surface area contributed by atoms with Gasteiger partial charge in [0.15, 0.2) is 5.78 Å². The van der Waals surface area contributed by atoms with Crippen LogP contribution in [-0.4, -0.2) is 142 Å². The minimum absolute atomic E-state index is 0.0589. The third-order valence-electron chi connectivity index (χ3n) is 23.1. The van der Waals surface area contributed by atoms with Gasteiger partial charge >= 0.3 is 24.5 Å². The number of carbonyl (C=O) groups is 5. The normalized spacial score (nSPS) is 19.1. The van der Waals surface area contributed by atoms with Crippen molar-refractivity contribution in [2.24, 2.45) is 0 Å². The van der Waals surface area contributed by atoms with Gasteiger partial charge in [0.05, 0.1) is 33.1 Å². The molecular formula is C90H92F14N10O15. The highest BCUT2D eigenvalue weighted by molar-refractivity contribution is 6.00. The molecule has 8 aromatic carbocycles. The molecule has 3 saturated carbocycles. The molecule has 4 heterocycles. The van der Waals surface area contributed by atoms with Gasteiger partial charge in [0.25, 0.3) is 23.0 Å². The number of hydrogen-bond acceptors (Lipinski definition) is 18. The fourth-order valence-corrected chi connectivity index (χ4v) is 16.4. The number of aryl methyl sites for hydroxylation is 1. The Bertz CT molecular complexity index is 5180. The van der Waals surface area contributed by atoms with E-state index in [1.54, 1.807) is 34.1 Å². The van der Waals surface area contributed by atoms with Gasteiger partial charge in [0, 0.05) is 110 Å². The zero-order valence-electron chi connectivity index (χ0n) is 69.3. The molecule has 4 aliphatic carbocycles. The van der Waals surface area contributed by atoms with Crippen molar-refractivity contribution in [2.45, 2.75) is 190 Å². The SMILES string of the molecule is Fc1ccc2c(c1)CCNC2.O=C(COC1CCC(Nc2ccc([N+](=O)[O-])c(C(F)(F)F)c2)CC1)N1CCc2cc(F)ccc2C1.O=C(COC1CCC(Nc2ccc([N+](=O)[O-])c(C(F)(F)F)c2)CC1)N1CCc2cc(F)ccc2C1.O=C(O)COC1CCC(Nc2ccc([N+](=O)[O-])c(C(F)(F)F)c2)CC1.O=C1CCc2cc(F)ccc21.O=C1NCCc2cc(F)ccc21. The first kappa shape index (κ1) is 97.4. The number of anilines is 3. The number of aliphatic carboxylic acids is 1. The highest BCUT2D eigenvalue weighted by atomic mass is 19.4. The molecule has 0 radical (unpaired) electrons. The summed E-state index contributed by atoms with van der Waals surface area (Å²) in [4.78, 5) is 90.7. The molecule has 39 heteroatoms. The summed E-state index contributed by atoms with van der Waals surface area (Å²) in [5, 5.41) is 56.1. The summed E-state index contributed by atoms with van der Waals surface area (Å²) >= 11 is 0. The van der Waals surface area contributed by atoms with E-state index in [1.165, 1.54) is 84.4 Å². The van der Waals surface area contributed by atoms with Crippen molar-refractivity contribution in [1.29, 1.82) is 0 Å². The number of fused-ring (bicyclic) bond motifs is 5. The van der Waals surface area contributed by atoms with Crippen LogP contribution in [-0.2, 0) is 98.9 Å². The minimum Gasteiger partial charge on any atom is -0.480 e. The first-order valence-corrected chi connectivity index (χ1v) is 41.7. The summed E-state index contributed by atoms with van der Waals surface area (Å²) in [5.74, 6) is -2.50. The number of halogens is 14. The lowest BCUT2D eigenvalue weighted by Crippen LogP contribution is -2.39. The predicted octanol–water partition coefficient (Wildman–Crippen LogP) is 18.1. The van der Waals surface area contributed by atoms with E-state index in [0.717, 1.165) is 101 Å². The number of carbonyl (C=O) groups excluding carboxylic acids is 4. The second kappa shape index (κ2) is 44.2. The molecular weight excluding hydrogens is 1730 g/mol. The lowest BCUT2D eigenvalue weighted by Gasteiger charge is -2.32. The molecule has 690 valence electrons. The molecule has 25 nitrogen and oxygen atoms in total. The van der Waals surface area contributed by atoms with Gasteiger partial charge in [-0.1, -0.05) is 18.2 Å². The maximum atomic E-state index is 13.4. The van der Waals surface area contributed by atoms with Crippen molar-refractivity contribution in [2.75, 3.05) is 62.0 Å². The average Bonchev–Trinajstić information content (AvgIpc) is 1.79. The van der Waals surface area contributed by atoms with Crippen molar-refractivity contribution >= 4 is 63.6 Å². The number of amides is 3. The van der Waals surface area contributed by atoms with Crippen molar-refractivity contribution < 1.29 is 120 Å². The summed E-state index contributed by atoms with van der Waals surface area (Å²) in [6.45, 7) is 3.82. The molecule has 0 saturated heterocycles. The molecule has 0 atom stereocenters. The number of nitrogens with zero attached hydrogens (tertiary/aromatic N) is 5. The Hall–Kier alpha value is -12.2. The Labute approximate surface area is 730 Å². The summed E-state index contributed by atoms with van der Waals surface area (Å²) in [6, 6.07) is 31.1. The van der Waals surface area contributed by atoms with E-state index in [0.29, 0.717) is 147 Å². The van der Waals surface area contributed by atoms with E-state index in [-0.39, 0.29) is 126 Å². The number of carboxylic acid groups (broad SMARTS) is 1. The predicted molar refractivity (Wildman–Crippen MR) is 443 cm³/mol. The fraction of sp³-hybridized carbons (Fsp3) is 0.411.